The van der Waals surface area contributed by atoms with Crippen molar-refractivity contribution < 1.29 is 13.9 Å². The molecule has 1 saturated carbocycles. The van der Waals surface area contributed by atoms with Gasteiger partial charge in [0.2, 0.25) is 5.91 Å². The summed E-state index contributed by atoms with van der Waals surface area (Å²) in [6, 6.07) is 3.83. The van der Waals surface area contributed by atoms with Crippen LogP contribution in [0.3, 0.4) is 0 Å². The highest BCUT2D eigenvalue weighted by molar-refractivity contribution is 7.99. The smallest absolute Gasteiger partial charge is 0.230 e. The molecule has 0 spiro atoms. The Morgan fingerprint density at radius 3 is 2.97 bits per heavy atom. The molecule has 1 unspecified atom stereocenters. The molecule has 4 rings (SSSR count). The summed E-state index contributed by atoms with van der Waals surface area (Å²) in [7, 11) is 0. The second-order valence-electron chi connectivity index (χ2n) is 8.52. The maximum absolute atomic E-state index is 12.4. The van der Waals surface area contributed by atoms with Crippen molar-refractivity contribution in [3.05, 3.63) is 30.0 Å². The van der Waals surface area contributed by atoms with Crippen LogP contribution in [0.5, 0.6) is 0 Å². The first kappa shape index (κ1) is 21.4. The molecule has 1 N–H and O–H groups in total. The minimum absolute atomic E-state index is 0.00916. The van der Waals surface area contributed by atoms with Crippen molar-refractivity contribution in [2.75, 3.05) is 38.5 Å². The highest BCUT2D eigenvalue weighted by Gasteiger charge is 2.31. The van der Waals surface area contributed by atoms with Gasteiger partial charge in [0, 0.05) is 32.1 Å². The Morgan fingerprint density at radius 1 is 1.37 bits per heavy atom. The van der Waals surface area contributed by atoms with Crippen molar-refractivity contribution in [3.8, 4) is 0 Å². The van der Waals surface area contributed by atoms with Gasteiger partial charge in [-0.3, -0.25) is 14.3 Å². The van der Waals surface area contributed by atoms with E-state index in [1.807, 2.05) is 12.1 Å². The molecule has 9 heteroatoms. The van der Waals surface area contributed by atoms with Gasteiger partial charge in [0.15, 0.2) is 5.16 Å². The number of hydrogen-bond acceptors (Lipinski definition) is 7. The van der Waals surface area contributed by atoms with Crippen LogP contribution in [0.1, 0.15) is 44.2 Å². The van der Waals surface area contributed by atoms with Gasteiger partial charge in [-0.15, -0.1) is 10.2 Å². The lowest BCUT2D eigenvalue weighted by Gasteiger charge is -2.33. The van der Waals surface area contributed by atoms with E-state index in [2.05, 4.69) is 38.8 Å². The number of hydrogen-bond donors (Lipinski definition) is 1. The molecule has 8 nitrogen and oxygen atoms in total. The topological polar surface area (TPSA) is 85.4 Å². The number of amides is 1. The van der Waals surface area contributed by atoms with Crippen LogP contribution in [0.25, 0.3) is 0 Å². The molecule has 0 aromatic carbocycles. The van der Waals surface area contributed by atoms with E-state index in [1.165, 1.54) is 11.8 Å². The van der Waals surface area contributed by atoms with Crippen LogP contribution in [-0.4, -0.2) is 70.2 Å². The Kier molecular flexibility index (Phi) is 7.12. The van der Waals surface area contributed by atoms with Gasteiger partial charge in [0.1, 0.15) is 11.6 Å². The fourth-order valence-corrected chi connectivity index (χ4v) is 4.53. The number of aromatic nitrogens is 3. The molecule has 3 heterocycles. The number of nitrogens with zero attached hydrogens (tertiary/aromatic N) is 4. The Balaban J connectivity index is 1.27. The average Bonchev–Trinajstić information content (AvgIpc) is 3.28. The van der Waals surface area contributed by atoms with Gasteiger partial charge in [0.05, 0.1) is 31.3 Å². The van der Waals surface area contributed by atoms with Crippen LogP contribution in [-0.2, 0) is 16.1 Å². The Labute approximate surface area is 181 Å². The highest BCUT2D eigenvalue weighted by Crippen LogP contribution is 2.40. The summed E-state index contributed by atoms with van der Waals surface area (Å²) in [6.07, 6.45) is 4.02. The standard InChI is InChI=1S/C21H31N5O3S/c1-15(2)11-25-7-9-29-18(12-25)10-22-19(27)14-30-21-24-23-20(16-5-6-16)26(21)13-17-4-3-8-28-17/h3-4,8,15-16,18H,5-7,9-14H2,1-2H3,(H,22,27). The van der Waals surface area contributed by atoms with Gasteiger partial charge >= 0.3 is 0 Å². The van der Waals surface area contributed by atoms with Gasteiger partial charge in [-0.2, -0.15) is 0 Å². The minimum atomic E-state index is -0.00916. The number of thioether (sulfide) groups is 1. The van der Waals surface area contributed by atoms with Gasteiger partial charge in [-0.05, 0) is 30.9 Å². The summed E-state index contributed by atoms with van der Waals surface area (Å²) >= 11 is 1.42. The molecule has 164 valence electrons. The van der Waals surface area contributed by atoms with Crippen LogP contribution in [0.15, 0.2) is 28.0 Å². The first-order chi connectivity index (χ1) is 14.6. The third-order valence-electron chi connectivity index (χ3n) is 5.29. The molecule has 1 atom stereocenters. The fourth-order valence-electron chi connectivity index (χ4n) is 3.75. The quantitative estimate of drug-likeness (QED) is 0.576. The Morgan fingerprint density at radius 2 is 2.23 bits per heavy atom. The number of carbonyl (C=O) groups excluding carboxylic acids is 1. The number of ether oxygens (including phenoxy) is 1. The van der Waals surface area contributed by atoms with Gasteiger partial charge < -0.3 is 14.5 Å². The van der Waals surface area contributed by atoms with E-state index in [-0.39, 0.29) is 12.0 Å². The van der Waals surface area contributed by atoms with Gasteiger partial charge in [0.25, 0.3) is 0 Å². The van der Waals surface area contributed by atoms with Crippen LogP contribution < -0.4 is 5.32 Å². The molecule has 0 radical (unpaired) electrons. The number of furan rings is 1. The molecule has 1 aliphatic carbocycles. The predicted molar refractivity (Wildman–Crippen MR) is 115 cm³/mol. The second kappa shape index (κ2) is 9.98. The van der Waals surface area contributed by atoms with E-state index >= 15 is 0 Å². The molecule has 1 amide bonds. The third-order valence-corrected chi connectivity index (χ3v) is 6.25. The molecule has 30 heavy (non-hydrogen) atoms. The lowest BCUT2D eigenvalue weighted by molar-refractivity contribution is -0.119. The predicted octanol–water partition coefficient (Wildman–Crippen LogP) is 2.36. The largest absolute Gasteiger partial charge is 0.467 e. The van der Waals surface area contributed by atoms with Crippen LogP contribution >= 0.6 is 11.8 Å². The van der Waals surface area contributed by atoms with Crippen molar-refractivity contribution in [1.29, 1.82) is 0 Å². The summed E-state index contributed by atoms with van der Waals surface area (Å²) in [5, 5.41) is 12.5. The summed E-state index contributed by atoms with van der Waals surface area (Å²) in [4.78, 5) is 14.8. The number of morpholine rings is 1. The molecule has 2 fully saturated rings. The lowest BCUT2D eigenvalue weighted by Crippen LogP contribution is -2.48. The van der Waals surface area contributed by atoms with Crippen molar-refractivity contribution in [2.24, 2.45) is 5.92 Å². The number of rotatable bonds is 10. The van der Waals surface area contributed by atoms with Crippen molar-refractivity contribution in [2.45, 2.75) is 50.4 Å². The van der Waals surface area contributed by atoms with E-state index in [9.17, 15) is 4.79 Å². The van der Waals surface area contributed by atoms with Crippen LogP contribution in [0.4, 0.5) is 0 Å². The summed E-state index contributed by atoms with van der Waals surface area (Å²) in [5.41, 5.74) is 0. The Bertz CT molecular complexity index is 819. The van der Waals surface area contributed by atoms with Gasteiger partial charge in [-0.1, -0.05) is 25.6 Å². The highest BCUT2D eigenvalue weighted by atomic mass is 32.2. The zero-order valence-electron chi connectivity index (χ0n) is 17.7. The summed E-state index contributed by atoms with van der Waals surface area (Å²) < 4.78 is 13.4. The maximum Gasteiger partial charge on any atom is 0.230 e. The zero-order valence-corrected chi connectivity index (χ0v) is 18.6. The summed E-state index contributed by atoms with van der Waals surface area (Å²) in [6.45, 7) is 9.21. The Hall–Kier alpha value is -1.84. The molecule has 2 aromatic rings. The van der Waals surface area contributed by atoms with E-state index in [0.29, 0.717) is 30.7 Å². The van der Waals surface area contributed by atoms with Crippen molar-refractivity contribution in [3.63, 3.8) is 0 Å². The molecular formula is C21H31N5O3S. The third kappa shape index (κ3) is 5.86. The van der Waals surface area contributed by atoms with Crippen LogP contribution in [0.2, 0.25) is 0 Å². The molecule has 0 bridgehead atoms. The van der Waals surface area contributed by atoms with E-state index < -0.39 is 0 Å². The minimum Gasteiger partial charge on any atom is -0.467 e. The number of nitrogens with one attached hydrogen (secondary N) is 1. The maximum atomic E-state index is 12.4. The zero-order chi connectivity index (χ0) is 20.9. The first-order valence-corrected chi connectivity index (χ1v) is 11.8. The second-order valence-corrected chi connectivity index (χ2v) is 9.46. The van der Waals surface area contributed by atoms with Crippen molar-refractivity contribution >= 4 is 17.7 Å². The normalized spacial score (nSPS) is 20.0. The van der Waals surface area contributed by atoms with E-state index in [1.54, 1.807) is 6.26 Å². The molecule has 1 aliphatic heterocycles. The summed E-state index contributed by atoms with van der Waals surface area (Å²) in [5.74, 6) is 3.27. The monoisotopic (exact) mass is 433 g/mol. The average molecular weight is 434 g/mol. The fraction of sp³-hybridized carbons (Fsp3) is 0.667. The lowest BCUT2D eigenvalue weighted by atomic mass is 10.2. The van der Waals surface area contributed by atoms with Gasteiger partial charge in [-0.25, -0.2) is 0 Å². The SMILES string of the molecule is CC(C)CN1CCOC(CNC(=O)CSc2nnc(C3CC3)n2Cc2ccco2)C1. The molecule has 2 aromatic heterocycles. The van der Waals surface area contributed by atoms with E-state index in [4.69, 9.17) is 9.15 Å². The molecule has 1 saturated heterocycles. The molecular weight excluding hydrogens is 402 g/mol. The van der Waals surface area contributed by atoms with Crippen molar-refractivity contribution in [1.82, 2.24) is 25.0 Å². The first-order valence-electron chi connectivity index (χ1n) is 10.8. The van der Waals surface area contributed by atoms with E-state index in [0.717, 1.165) is 55.8 Å². The number of carbonyl (C=O) groups is 1. The molecule has 2 aliphatic rings. The van der Waals surface area contributed by atoms with Crippen LogP contribution in [0, 0.1) is 5.92 Å².